The molecule has 0 N–H and O–H groups in total. The number of hydrogen-bond acceptors (Lipinski definition) is 4. The van der Waals surface area contributed by atoms with Crippen LogP contribution in [0.15, 0.2) is 71.1 Å². The first-order valence-electron chi connectivity index (χ1n) is 10.3. The zero-order chi connectivity index (χ0) is 20.5. The monoisotopic (exact) mass is 399 g/mol. The molecule has 0 saturated carbocycles. The van der Waals surface area contributed by atoms with E-state index < -0.39 is 0 Å². The van der Waals surface area contributed by atoms with Crippen LogP contribution in [0.1, 0.15) is 16.7 Å². The van der Waals surface area contributed by atoms with Crippen molar-refractivity contribution in [3.05, 3.63) is 83.4 Å². The minimum absolute atomic E-state index is 0.768. The average Bonchev–Trinajstić information content (AvgIpc) is 3.25. The van der Waals surface area contributed by atoms with Crippen LogP contribution in [-0.2, 0) is 19.5 Å². The van der Waals surface area contributed by atoms with E-state index in [-0.39, 0.29) is 0 Å². The second kappa shape index (κ2) is 7.88. The number of benzene rings is 3. The number of furan rings is 1. The lowest BCUT2D eigenvalue weighted by Gasteiger charge is -2.29. The summed E-state index contributed by atoms with van der Waals surface area (Å²) in [7, 11) is 3.41. The smallest absolute Gasteiger partial charge is 0.176 e. The molecule has 0 atom stereocenters. The molecule has 0 spiro atoms. The second-order valence-electron chi connectivity index (χ2n) is 7.74. The highest BCUT2D eigenvalue weighted by Crippen LogP contribution is 2.36. The molecule has 152 valence electrons. The van der Waals surface area contributed by atoms with Crippen molar-refractivity contribution in [3.63, 3.8) is 0 Å². The van der Waals surface area contributed by atoms with Gasteiger partial charge in [0.15, 0.2) is 11.3 Å². The summed E-state index contributed by atoms with van der Waals surface area (Å²) in [6, 6.07) is 22.9. The third kappa shape index (κ3) is 3.44. The van der Waals surface area contributed by atoms with Gasteiger partial charge in [0.25, 0.3) is 0 Å². The fraction of sp³-hybridized carbons (Fsp3) is 0.231. The van der Waals surface area contributed by atoms with Gasteiger partial charge in [-0.1, -0.05) is 42.5 Å². The predicted octanol–water partition coefficient (Wildman–Crippen LogP) is 5.68. The first-order valence-corrected chi connectivity index (χ1v) is 10.3. The van der Waals surface area contributed by atoms with Crippen LogP contribution in [0.2, 0.25) is 0 Å². The molecule has 5 rings (SSSR count). The van der Waals surface area contributed by atoms with Crippen LogP contribution >= 0.6 is 0 Å². The van der Waals surface area contributed by atoms with Gasteiger partial charge in [0.2, 0.25) is 0 Å². The molecule has 1 aromatic heterocycles. The Morgan fingerprint density at radius 2 is 1.77 bits per heavy atom. The second-order valence-corrected chi connectivity index (χ2v) is 7.74. The van der Waals surface area contributed by atoms with Crippen molar-refractivity contribution in [1.82, 2.24) is 4.90 Å². The highest BCUT2D eigenvalue weighted by atomic mass is 16.5. The van der Waals surface area contributed by atoms with E-state index in [1.807, 2.05) is 24.3 Å². The minimum Gasteiger partial charge on any atom is -0.497 e. The lowest BCUT2D eigenvalue weighted by molar-refractivity contribution is 0.246. The zero-order valence-electron chi connectivity index (χ0n) is 17.4. The maximum Gasteiger partial charge on any atom is 0.176 e. The van der Waals surface area contributed by atoms with Gasteiger partial charge < -0.3 is 13.9 Å². The molecular weight excluding hydrogens is 374 g/mol. The van der Waals surface area contributed by atoms with Gasteiger partial charge in [-0.15, -0.1) is 0 Å². The summed E-state index contributed by atoms with van der Waals surface area (Å²) in [6.07, 6.45) is 1.05. The highest BCUT2D eigenvalue weighted by Gasteiger charge is 2.20. The van der Waals surface area contributed by atoms with Crippen LogP contribution in [-0.4, -0.2) is 25.7 Å². The summed E-state index contributed by atoms with van der Waals surface area (Å²) in [5.41, 5.74) is 5.90. The molecule has 4 nitrogen and oxygen atoms in total. The molecule has 0 unspecified atom stereocenters. The van der Waals surface area contributed by atoms with Crippen molar-refractivity contribution < 1.29 is 13.9 Å². The fourth-order valence-corrected chi connectivity index (χ4v) is 4.29. The Hall–Kier alpha value is -3.24. The summed E-state index contributed by atoms with van der Waals surface area (Å²) in [6.45, 7) is 2.82. The van der Waals surface area contributed by atoms with Crippen molar-refractivity contribution >= 4 is 11.0 Å². The van der Waals surface area contributed by atoms with Gasteiger partial charge in [-0.3, -0.25) is 4.90 Å². The summed E-state index contributed by atoms with van der Waals surface area (Å²) >= 11 is 0. The Morgan fingerprint density at radius 3 is 2.57 bits per heavy atom. The van der Waals surface area contributed by atoms with Gasteiger partial charge in [0.1, 0.15) is 11.5 Å². The molecule has 0 radical (unpaired) electrons. The Kier molecular flexibility index (Phi) is 4.93. The van der Waals surface area contributed by atoms with Crippen molar-refractivity contribution in [2.24, 2.45) is 0 Å². The fourth-order valence-electron chi connectivity index (χ4n) is 4.29. The molecule has 0 aliphatic carbocycles. The standard InChI is InChI=1S/C26H25NO3/c1-28-22-10-8-18-12-13-27(17-21(18)14-22)16-20-9-11-24(29-2)26-23(20)15-25(30-26)19-6-4-3-5-7-19/h3-11,14-15H,12-13,16-17H2,1-2H3. The molecule has 0 saturated heterocycles. The molecule has 30 heavy (non-hydrogen) atoms. The number of hydrogen-bond donors (Lipinski definition) is 0. The molecule has 1 aliphatic rings. The normalized spacial score (nSPS) is 13.9. The van der Waals surface area contributed by atoms with E-state index in [1.54, 1.807) is 14.2 Å². The van der Waals surface area contributed by atoms with E-state index >= 15 is 0 Å². The summed E-state index contributed by atoms with van der Waals surface area (Å²) in [4.78, 5) is 2.48. The number of nitrogens with zero attached hydrogens (tertiary/aromatic N) is 1. The van der Waals surface area contributed by atoms with E-state index in [9.17, 15) is 0 Å². The summed E-state index contributed by atoms with van der Waals surface area (Å²) in [5, 5.41) is 1.12. The molecule has 0 fully saturated rings. The van der Waals surface area contributed by atoms with Crippen molar-refractivity contribution in [2.45, 2.75) is 19.5 Å². The van der Waals surface area contributed by atoms with E-state index in [4.69, 9.17) is 13.9 Å². The van der Waals surface area contributed by atoms with Crippen LogP contribution in [0.3, 0.4) is 0 Å². The van der Waals surface area contributed by atoms with Crippen LogP contribution < -0.4 is 9.47 Å². The maximum absolute atomic E-state index is 6.23. The first-order chi connectivity index (χ1) is 14.7. The Morgan fingerprint density at radius 1 is 0.900 bits per heavy atom. The van der Waals surface area contributed by atoms with Gasteiger partial charge in [-0.25, -0.2) is 0 Å². The quantitative estimate of drug-likeness (QED) is 0.433. The van der Waals surface area contributed by atoms with Crippen LogP contribution in [0.5, 0.6) is 11.5 Å². The van der Waals surface area contributed by atoms with E-state index in [1.165, 1.54) is 16.7 Å². The summed E-state index contributed by atoms with van der Waals surface area (Å²) < 4.78 is 17.2. The topological polar surface area (TPSA) is 34.8 Å². The molecular formula is C26H25NO3. The number of fused-ring (bicyclic) bond motifs is 2. The minimum atomic E-state index is 0.768. The SMILES string of the molecule is COc1ccc2c(c1)CN(Cc1ccc(OC)c3oc(-c4ccccc4)cc13)CC2. The summed E-state index contributed by atoms with van der Waals surface area (Å²) in [5.74, 6) is 2.56. The first kappa shape index (κ1) is 18.8. The molecule has 0 bridgehead atoms. The number of ether oxygens (including phenoxy) is 2. The van der Waals surface area contributed by atoms with Gasteiger partial charge in [0, 0.05) is 30.6 Å². The average molecular weight is 399 g/mol. The van der Waals surface area contributed by atoms with Gasteiger partial charge >= 0.3 is 0 Å². The Bertz CT molecular complexity index is 1180. The van der Waals surface area contributed by atoms with Crippen molar-refractivity contribution in [3.8, 4) is 22.8 Å². The zero-order valence-corrected chi connectivity index (χ0v) is 17.4. The van der Waals surface area contributed by atoms with Crippen LogP contribution in [0, 0.1) is 0 Å². The van der Waals surface area contributed by atoms with Gasteiger partial charge in [-0.2, -0.15) is 0 Å². The molecule has 2 heterocycles. The molecule has 3 aromatic carbocycles. The largest absolute Gasteiger partial charge is 0.497 e. The Labute approximate surface area is 176 Å². The van der Waals surface area contributed by atoms with Crippen molar-refractivity contribution in [2.75, 3.05) is 20.8 Å². The molecule has 1 aliphatic heterocycles. The van der Waals surface area contributed by atoms with Gasteiger partial charge in [-0.05, 0) is 47.4 Å². The van der Waals surface area contributed by atoms with E-state index in [0.717, 1.165) is 59.8 Å². The third-order valence-corrected chi connectivity index (χ3v) is 5.91. The molecule has 4 aromatic rings. The predicted molar refractivity (Wildman–Crippen MR) is 119 cm³/mol. The van der Waals surface area contributed by atoms with Crippen molar-refractivity contribution in [1.29, 1.82) is 0 Å². The maximum atomic E-state index is 6.23. The van der Waals surface area contributed by atoms with Crippen LogP contribution in [0.25, 0.3) is 22.3 Å². The lowest BCUT2D eigenvalue weighted by Crippen LogP contribution is -2.30. The Balaban J connectivity index is 1.48. The van der Waals surface area contributed by atoms with E-state index in [2.05, 4.69) is 47.4 Å². The molecule has 4 heteroatoms. The third-order valence-electron chi connectivity index (χ3n) is 5.91. The number of rotatable bonds is 5. The number of methoxy groups -OCH3 is 2. The van der Waals surface area contributed by atoms with Gasteiger partial charge in [0.05, 0.1) is 14.2 Å². The van der Waals surface area contributed by atoms with Crippen LogP contribution in [0.4, 0.5) is 0 Å². The molecule has 0 amide bonds. The highest BCUT2D eigenvalue weighted by molar-refractivity contribution is 5.90. The van der Waals surface area contributed by atoms with E-state index in [0.29, 0.717) is 0 Å². The lowest BCUT2D eigenvalue weighted by atomic mass is 9.98.